The first-order chi connectivity index (χ1) is 7.03. The molecule has 0 aromatic rings. The molecule has 0 amide bonds. The SMILES string of the molecule is CS(=O)(=O)CS(=O)(=O)NCC[C@H](O)C(=O)O. The lowest BCUT2D eigenvalue weighted by molar-refractivity contribution is -0.146. The lowest BCUT2D eigenvalue weighted by Gasteiger charge is -2.07. The van der Waals surface area contributed by atoms with E-state index in [2.05, 4.69) is 0 Å². The van der Waals surface area contributed by atoms with Crippen LogP contribution in [0.25, 0.3) is 0 Å². The van der Waals surface area contributed by atoms with Crippen LogP contribution in [0.4, 0.5) is 0 Å². The number of carbonyl (C=O) groups is 1. The molecule has 0 bridgehead atoms. The zero-order chi connectivity index (χ0) is 13.0. The number of aliphatic carboxylic acids is 1. The van der Waals surface area contributed by atoms with E-state index in [1.54, 1.807) is 0 Å². The lowest BCUT2D eigenvalue weighted by Crippen LogP contribution is -2.33. The van der Waals surface area contributed by atoms with Crippen LogP contribution in [0.3, 0.4) is 0 Å². The normalized spacial score (nSPS) is 14.6. The Morgan fingerprint density at radius 1 is 1.31 bits per heavy atom. The zero-order valence-corrected chi connectivity index (χ0v) is 10.1. The van der Waals surface area contributed by atoms with Crippen LogP contribution in [0.2, 0.25) is 0 Å². The largest absolute Gasteiger partial charge is 0.479 e. The summed E-state index contributed by atoms with van der Waals surface area (Å²) < 4.78 is 45.4. The van der Waals surface area contributed by atoms with Gasteiger partial charge in [-0.25, -0.2) is 26.4 Å². The topological polar surface area (TPSA) is 138 Å². The molecule has 10 heteroatoms. The minimum Gasteiger partial charge on any atom is -0.479 e. The van der Waals surface area contributed by atoms with E-state index < -0.39 is 37.0 Å². The Kier molecular flexibility index (Phi) is 5.32. The van der Waals surface area contributed by atoms with Gasteiger partial charge in [0.25, 0.3) is 0 Å². The molecule has 0 aromatic heterocycles. The van der Waals surface area contributed by atoms with E-state index in [9.17, 15) is 21.6 Å². The molecule has 0 saturated heterocycles. The summed E-state index contributed by atoms with van der Waals surface area (Å²) in [5.41, 5.74) is 0. The van der Waals surface area contributed by atoms with Gasteiger partial charge in [-0.2, -0.15) is 0 Å². The first kappa shape index (κ1) is 15.3. The van der Waals surface area contributed by atoms with Crippen LogP contribution in [0.1, 0.15) is 6.42 Å². The Morgan fingerprint density at radius 2 is 1.81 bits per heavy atom. The first-order valence-corrected chi connectivity index (χ1v) is 7.81. The van der Waals surface area contributed by atoms with Crippen molar-refractivity contribution in [2.24, 2.45) is 0 Å². The van der Waals surface area contributed by atoms with Crippen LogP contribution in [-0.4, -0.2) is 57.0 Å². The maximum atomic E-state index is 11.1. The lowest BCUT2D eigenvalue weighted by atomic mass is 10.3. The molecule has 0 spiro atoms. The number of hydrogen-bond acceptors (Lipinski definition) is 6. The predicted molar refractivity (Wildman–Crippen MR) is 54.9 cm³/mol. The number of carboxylic acids is 1. The molecule has 0 unspecified atom stereocenters. The van der Waals surface area contributed by atoms with Crippen molar-refractivity contribution in [2.75, 3.05) is 17.9 Å². The van der Waals surface area contributed by atoms with Crippen molar-refractivity contribution in [1.82, 2.24) is 4.72 Å². The summed E-state index contributed by atoms with van der Waals surface area (Å²) in [7, 11) is -7.68. The summed E-state index contributed by atoms with van der Waals surface area (Å²) in [5.74, 6) is -1.47. The van der Waals surface area contributed by atoms with E-state index in [0.717, 1.165) is 6.26 Å². The Morgan fingerprint density at radius 3 is 2.19 bits per heavy atom. The second-order valence-electron chi connectivity index (χ2n) is 3.20. The first-order valence-electron chi connectivity index (χ1n) is 4.09. The highest BCUT2D eigenvalue weighted by Crippen LogP contribution is 1.94. The fourth-order valence-corrected chi connectivity index (χ4v) is 3.81. The van der Waals surface area contributed by atoms with Gasteiger partial charge in [-0.1, -0.05) is 0 Å². The minimum absolute atomic E-state index is 0.335. The Bertz CT molecular complexity index is 437. The van der Waals surface area contributed by atoms with E-state index in [-0.39, 0.29) is 13.0 Å². The van der Waals surface area contributed by atoms with Crippen molar-refractivity contribution in [1.29, 1.82) is 0 Å². The molecule has 8 nitrogen and oxygen atoms in total. The molecule has 0 saturated carbocycles. The van der Waals surface area contributed by atoms with Gasteiger partial charge in [-0.05, 0) is 6.42 Å². The molecule has 0 fully saturated rings. The van der Waals surface area contributed by atoms with Gasteiger partial charge in [0, 0.05) is 12.8 Å². The summed E-state index contributed by atoms with van der Waals surface area (Å²) in [6.07, 6.45) is -1.25. The van der Waals surface area contributed by atoms with Gasteiger partial charge >= 0.3 is 5.97 Å². The van der Waals surface area contributed by atoms with Crippen molar-refractivity contribution in [3.63, 3.8) is 0 Å². The van der Waals surface area contributed by atoms with Crippen LogP contribution in [0.15, 0.2) is 0 Å². The molecule has 0 aliphatic rings. The molecule has 0 radical (unpaired) electrons. The van der Waals surface area contributed by atoms with Crippen LogP contribution >= 0.6 is 0 Å². The van der Waals surface area contributed by atoms with Gasteiger partial charge in [0.1, 0.15) is 0 Å². The molecular formula is C6H13NO7S2. The Balaban J connectivity index is 4.17. The average Bonchev–Trinajstić information content (AvgIpc) is 1.98. The van der Waals surface area contributed by atoms with Crippen LogP contribution in [0.5, 0.6) is 0 Å². The third-order valence-corrected chi connectivity index (χ3v) is 4.99. The molecule has 16 heavy (non-hydrogen) atoms. The highest BCUT2D eigenvalue weighted by Gasteiger charge is 2.19. The maximum absolute atomic E-state index is 11.1. The average molecular weight is 275 g/mol. The number of hydrogen-bond donors (Lipinski definition) is 3. The van der Waals surface area contributed by atoms with Gasteiger partial charge in [0.2, 0.25) is 10.0 Å². The number of rotatable bonds is 7. The summed E-state index contributed by atoms with van der Waals surface area (Å²) in [6, 6.07) is 0. The van der Waals surface area contributed by atoms with E-state index in [1.807, 2.05) is 4.72 Å². The molecule has 0 aliphatic heterocycles. The Labute approximate surface area is 93.2 Å². The van der Waals surface area contributed by atoms with Crippen molar-refractivity contribution in [3.8, 4) is 0 Å². The van der Waals surface area contributed by atoms with Crippen molar-refractivity contribution in [2.45, 2.75) is 12.5 Å². The number of sulfonamides is 1. The van der Waals surface area contributed by atoms with Gasteiger partial charge in [0.15, 0.2) is 21.0 Å². The van der Waals surface area contributed by atoms with E-state index >= 15 is 0 Å². The minimum atomic E-state index is -4.00. The van der Waals surface area contributed by atoms with E-state index in [4.69, 9.17) is 10.2 Å². The second kappa shape index (κ2) is 5.57. The zero-order valence-electron chi connectivity index (χ0n) is 8.45. The number of sulfone groups is 1. The number of carboxylic acid groups (broad SMARTS) is 1. The molecule has 0 aliphatic carbocycles. The molecular weight excluding hydrogens is 262 g/mol. The molecule has 3 N–H and O–H groups in total. The molecule has 1 atom stereocenters. The van der Waals surface area contributed by atoms with Gasteiger partial charge in [0.05, 0.1) is 0 Å². The number of aliphatic hydroxyl groups is 1. The molecule has 0 heterocycles. The standard InChI is InChI=1S/C6H13NO7S2/c1-15(11,12)4-16(13,14)7-3-2-5(8)6(9)10/h5,7-8H,2-4H2,1H3,(H,9,10)/t5-/m0/s1. The van der Waals surface area contributed by atoms with Gasteiger partial charge in [-0.3, -0.25) is 0 Å². The van der Waals surface area contributed by atoms with Crippen molar-refractivity contribution in [3.05, 3.63) is 0 Å². The van der Waals surface area contributed by atoms with Gasteiger partial charge < -0.3 is 10.2 Å². The quantitative estimate of drug-likeness (QED) is 0.477. The van der Waals surface area contributed by atoms with Crippen LogP contribution < -0.4 is 4.72 Å². The molecule has 96 valence electrons. The highest BCUT2D eigenvalue weighted by atomic mass is 32.3. The molecule has 0 aromatic carbocycles. The summed E-state index contributed by atoms with van der Waals surface area (Å²) >= 11 is 0. The summed E-state index contributed by atoms with van der Waals surface area (Å²) in [6.45, 7) is -0.342. The summed E-state index contributed by atoms with van der Waals surface area (Å²) in [4.78, 5) is 10.2. The third kappa shape index (κ3) is 7.56. The fourth-order valence-electron chi connectivity index (χ4n) is 0.798. The van der Waals surface area contributed by atoms with Crippen molar-refractivity contribution < 1.29 is 31.8 Å². The Hall–Kier alpha value is -0.710. The predicted octanol–water partition coefficient (Wildman–Crippen LogP) is -2.26. The molecule has 0 rings (SSSR count). The summed E-state index contributed by atoms with van der Waals surface area (Å²) in [5, 5.41) is 16.0. The monoisotopic (exact) mass is 275 g/mol. The fraction of sp³-hybridized carbons (Fsp3) is 0.833. The van der Waals surface area contributed by atoms with Crippen LogP contribution in [0, 0.1) is 0 Å². The number of aliphatic hydroxyl groups excluding tert-OH is 1. The van der Waals surface area contributed by atoms with E-state index in [0.29, 0.717) is 0 Å². The second-order valence-corrected chi connectivity index (χ2v) is 7.51. The third-order valence-electron chi connectivity index (χ3n) is 1.39. The van der Waals surface area contributed by atoms with Gasteiger partial charge in [-0.15, -0.1) is 0 Å². The maximum Gasteiger partial charge on any atom is 0.332 e. The van der Waals surface area contributed by atoms with E-state index in [1.165, 1.54) is 0 Å². The highest BCUT2D eigenvalue weighted by molar-refractivity contribution is 8.06. The number of nitrogens with one attached hydrogen (secondary N) is 1. The smallest absolute Gasteiger partial charge is 0.332 e. The van der Waals surface area contributed by atoms with Crippen LogP contribution in [-0.2, 0) is 24.7 Å². The van der Waals surface area contributed by atoms with Crippen molar-refractivity contribution >= 4 is 25.8 Å².